The van der Waals surface area contributed by atoms with Crippen LogP contribution in [0.15, 0.2) is 48.7 Å². The van der Waals surface area contributed by atoms with E-state index in [9.17, 15) is 0 Å². The number of nitrogens with one attached hydrogen (secondary N) is 1. The molecule has 162 valence electrons. The van der Waals surface area contributed by atoms with Gasteiger partial charge in [-0.2, -0.15) is 0 Å². The summed E-state index contributed by atoms with van der Waals surface area (Å²) in [7, 11) is 3.31. The Morgan fingerprint density at radius 1 is 1.10 bits per heavy atom. The minimum absolute atomic E-state index is 0.0730. The zero-order valence-electron chi connectivity index (χ0n) is 18.5. The summed E-state index contributed by atoms with van der Waals surface area (Å²) in [4.78, 5) is 6.79. The predicted molar refractivity (Wildman–Crippen MR) is 127 cm³/mol. The fourth-order valence-corrected chi connectivity index (χ4v) is 4.87. The number of thiocarbonyl (C=S) groups is 1. The SMILES string of the molecule is CCn1c(C)cc([C@@H]2[C@@H](c3ccccn3)NC(=S)N2c2ccc(OC)cc2OC)c1C. The Hall–Kier alpha value is -3.06. The van der Waals surface area contributed by atoms with Crippen LogP contribution in [0.25, 0.3) is 0 Å². The fraction of sp³-hybridized carbons (Fsp3) is 0.333. The molecule has 2 atom stereocenters. The van der Waals surface area contributed by atoms with Crippen molar-refractivity contribution < 1.29 is 9.47 Å². The van der Waals surface area contributed by atoms with Crippen molar-refractivity contribution in [3.8, 4) is 11.5 Å². The van der Waals surface area contributed by atoms with Crippen molar-refractivity contribution >= 4 is 23.0 Å². The Morgan fingerprint density at radius 2 is 1.90 bits per heavy atom. The molecule has 2 aromatic heterocycles. The molecule has 1 fully saturated rings. The number of pyridine rings is 1. The number of aromatic nitrogens is 2. The average Bonchev–Trinajstić information content (AvgIpc) is 3.28. The number of benzene rings is 1. The van der Waals surface area contributed by atoms with E-state index in [1.165, 1.54) is 17.0 Å². The van der Waals surface area contributed by atoms with Crippen LogP contribution in [-0.4, -0.2) is 28.9 Å². The maximum absolute atomic E-state index is 5.85. The second-order valence-electron chi connectivity index (χ2n) is 7.61. The Morgan fingerprint density at radius 3 is 2.52 bits per heavy atom. The minimum Gasteiger partial charge on any atom is -0.497 e. The molecular weight excluding hydrogens is 408 g/mol. The highest BCUT2D eigenvalue weighted by Gasteiger charge is 2.43. The molecule has 0 unspecified atom stereocenters. The third-order valence-electron chi connectivity index (χ3n) is 5.99. The molecule has 0 bridgehead atoms. The minimum atomic E-state index is -0.0914. The van der Waals surface area contributed by atoms with E-state index in [4.69, 9.17) is 21.7 Å². The van der Waals surface area contributed by atoms with Gasteiger partial charge in [0.25, 0.3) is 0 Å². The molecule has 1 aliphatic rings. The molecule has 0 aliphatic carbocycles. The third kappa shape index (κ3) is 3.63. The number of ether oxygens (including phenoxy) is 2. The molecule has 1 aromatic carbocycles. The number of methoxy groups -OCH3 is 2. The predicted octanol–water partition coefficient (Wildman–Crippen LogP) is 4.71. The molecule has 1 N–H and O–H groups in total. The quantitative estimate of drug-likeness (QED) is 0.565. The fourth-order valence-electron chi connectivity index (χ4n) is 4.53. The summed E-state index contributed by atoms with van der Waals surface area (Å²) >= 11 is 5.85. The normalized spacial score (nSPS) is 18.2. The topological polar surface area (TPSA) is 51.6 Å². The summed E-state index contributed by atoms with van der Waals surface area (Å²) in [5.41, 5.74) is 5.53. The van der Waals surface area contributed by atoms with Gasteiger partial charge in [0.1, 0.15) is 11.5 Å². The van der Waals surface area contributed by atoms with Crippen LogP contribution >= 0.6 is 12.2 Å². The van der Waals surface area contributed by atoms with Crippen LogP contribution in [0.1, 0.15) is 41.7 Å². The van der Waals surface area contributed by atoms with Crippen LogP contribution in [0.2, 0.25) is 0 Å². The van der Waals surface area contributed by atoms with Crippen molar-refractivity contribution in [3.05, 3.63) is 71.3 Å². The van der Waals surface area contributed by atoms with Gasteiger partial charge >= 0.3 is 0 Å². The van der Waals surface area contributed by atoms with E-state index in [0.717, 1.165) is 23.7 Å². The van der Waals surface area contributed by atoms with E-state index in [2.05, 4.69) is 46.6 Å². The van der Waals surface area contributed by atoms with Crippen LogP contribution < -0.4 is 19.7 Å². The number of anilines is 1. The molecule has 1 aliphatic heterocycles. The van der Waals surface area contributed by atoms with E-state index in [0.29, 0.717) is 10.9 Å². The summed E-state index contributed by atoms with van der Waals surface area (Å²) in [5, 5.41) is 4.16. The van der Waals surface area contributed by atoms with Gasteiger partial charge in [-0.3, -0.25) is 4.98 Å². The highest BCUT2D eigenvalue weighted by Crippen LogP contribution is 2.46. The molecule has 3 heterocycles. The first-order chi connectivity index (χ1) is 15.0. The van der Waals surface area contributed by atoms with E-state index < -0.39 is 0 Å². The first-order valence-electron chi connectivity index (χ1n) is 10.4. The molecule has 31 heavy (non-hydrogen) atoms. The van der Waals surface area contributed by atoms with Gasteiger partial charge < -0.3 is 24.3 Å². The number of nitrogens with zero attached hydrogens (tertiary/aromatic N) is 3. The lowest BCUT2D eigenvalue weighted by atomic mass is 9.96. The third-order valence-corrected chi connectivity index (χ3v) is 6.31. The average molecular weight is 437 g/mol. The maximum atomic E-state index is 5.85. The number of hydrogen-bond donors (Lipinski definition) is 1. The summed E-state index contributed by atoms with van der Waals surface area (Å²) in [5.74, 6) is 1.44. The first-order valence-corrected chi connectivity index (χ1v) is 10.8. The number of hydrogen-bond acceptors (Lipinski definition) is 4. The van der Waals surface area contributed by atoms with E-state index >= 15 is 0 Å². The Balaban J connectivity index is 1.91. The lowest BCUT2D eigenvalue weighted by molar-refractivity contribution is 0.394. The molecule has 0 radical (unpaired) electrons. The summed E-state index contributed by atoms with van der Waals surface area (Å²) in [6.45, 7) is 7.41. The summed E-state index contributed by atoms with van der Waals surface area (Å²) < 4.78 is 13.4. The van der Waals surface area contributed by atoms with E-state index in [-0.39, 0.29) is 12.1 Å². The van der Waals surface area contributed by atoms with Crippen LogP contribution in [0, 0.1) is 13.8 Å². The monoisotopic (exact) mass is 436 g/mol. The molecule has 3 aromatic rings. The Kier molecular flexibility index (Phi) is 5.87. The van der Waals surface area contributed by atoms with Crippen molar-refractivity contribution in [2.45, 2.75) is 39.4 Å². The van der Waals surface area contributed by atoms with Crippen molar-refractivity contribution in [2.75, 3.05) is 19.1 Å². The zero-order valence-corrected chi connectivity index (χ0v) is 19.4. The molecular formula is C24H28N4O2S. The van der Waals surface area contributed by atoms with Gasteiger partial charge in [-0.25, -0.2) is 0 Å². The molecule has 1 saturated heterocycles. The number of aryl methyl sites for hydroxylation is 1. The number of rotatable bonds is 6. The van der Waals surface area contributed by atoms with Gasteiger partial charge in [-0.05, 0) is 68.9 Å². The molecule has 0 saturated carbocycles. The second-order valence-corrected chi connectivity index (χ2v) is 7.99. The van der Waals surface area contributed by atoms with Crippen molar-refractivity contribution in [1.82, 2.24) is 14.9 Å². The highest BCUT2D eigenvalue weighted by molar-refractivity contribution is 7.80. The smallest absolute Gasteiger partial charge is 0.174 e. The van der Waals surface area contributed by atoms with Crippen molar-refractivity contribution in [1.29, 1.82) is 0 Å². The molecule has 7 heteroatoms. The van der Waals surface area contributed by atoms with Crippen molar-refractivity contribution in [2.24, 2.45) is 0 Å². The van der Waals surface area contributed by atoms with Crippen LogP contribution in [-0.2, 0) is 6.54 Å². The molecule has 0 amide bonds. The van der Waals surface area contributed by atoms with Gasteiger partial charge in [-0.15, -0.1) is 0 Å². The van der Waals surface area contributed by atoms with E-state index in [1.807, 2.05) is 42.6 Å². The molecule has 6 nitrogen and oxygen atoms in total. The van der Waals surface area contributed by atoms with Crippen LogP contribution in [0.3, 0.4) is 0 Å². The highest BCUT2D eigenvalue weighted by atomic mass is 32.1. The second kappa shape index (κ2) is 8.59. The molecule has 0 spiro atoms. The van der Waals surface area contributed by atoms with E-state index in [1.54, 1.807) is 14.2 Å². The van der Waals surface area contributed by atoms with Gasteiger partial charge in [0.05, 0.1) is 37.7 Å². The van der Waals surface area contributed by atoms with Gasteiger partial charge in [0, 0.05) is 30.2 Å². The lowest BCUT2D eigenvalue weighted by Gasteiger charge is -2.29. The van der Waals surface area contributed by atoms with Crippen LogP contribution in [0.5, 0.6) is 11.5 Å². The first kappa shape index (κ1) is 21.2. The standard InChI is InChI=1S/C24H28N4O2S/c1-6-27-15(2)13-18(16(27)3)23-22(19-9-7-8-12-25-19)26-24(31)28(23)20-11-10-17(29-4)14-21(20)30-5/h7-14,22-23H,6H2,1-5H3,(H,26,31)/t22-,23-/m1/s1. The Bertz CT molecular complexity index is 1100. The lowest BCUT2D eigenvalue weighted by Crippen LogP contribution is -2.30. The van der Waals surface area contributed by atoms with Gasteiger partial charge in [0.15, 0.2) is 5.11 Å². The van der Waals surface area contributed by atoms with Crippen LogP contribution in [0.4, 0.5) is 5.69 Å². The maximum Gasteiger partial charge on any atom is 0.174 e. The molecule has 4 rings (SSSR count). The van der Waals surface area contributed by atoms with Gasteiger partial charge in [0.2, 0.25) is 0 Å². The zero-order chi connectivity index (χ0) is 22.1. The summed E-state index contributed by atoms with van der Waals surface area (Å²) in [6.07, 6.45) is 1.82. The summed E-state index contributed by atoms with van der Waals surface area (Å²) in [6, 6.07) is 13.9. The van der Waals surface area contributed by atoms with Gasteiger partial charge in [-0.1, -0.05) is 6.07 Å². The Labute approximate surface area is 188 Å². The van der Waals surface area contributed by atoms with Crippen molar-refractivity contribution in [3.63, 3.8) is 0 Å². The largest absolute Gasteiger partial charge is 0.497 e.